The minimum absolute atomic E-state index is 0.0695. The highest BCUT2D eigenvalue weighted by Gasteiger charge is 2.54. The van der Waals surface area contributed by atoms with Gasteiger partial charge in [-0.15, -0.1) is 0 Å². The van der Waals surface area contributed by atoms with E-state index in [9.17, 15) is 9.59 Å². The summed E-state index contributed by atoms with van der Waals surface area (Å²) >= 11 is 0. The first-order valence-electron chi connectivity index (χ1n) is 10.3. The third-order valence-corrected chi connectivity index (χ3v) is 6.60. The molecule has 0 spiro atoms. The Hall–Kier alpha value is -2.37. The summed E-state index contributed by atoms with van der Waals surface area (Å²) in [6.07, 6.45) is 7.49. The standard InChI is InChI=1S/C22H28N2O4/c1-3-27-22(26)24-11-9-17-15(13-24)12-19-20(14(2)28-21(19)25)18(17)8-7-16-6-4-5-10-23-16/h4-8,10,14-15,17-20H,3,9,11-13H2,1-2H3/b8-7+/t14-,15-,17-,18+,19-,20+/m1/s1. The Kier molecular flexibility index (Phi) is 5.38. The topological polar surface area (TPSA) is 68.7 Å². The van der Waals surface area contributed by atoms with Gasteiger partial charge in [-0.3, -0.25) is 9.78 Å². The second-order valence-corrected chi connectivity index (χ2v) is 8.11. The van der Waals surface area contributed by atoms with Gasteiger partial charge < -0.3 is 14.4 Å². The average Bonchev–Trinajstić information content (AvgIpc) is 2.99. The fourth-order valence-corrected chi connectivity index (χ4v) is 5.42. The molecule has 0 bridgehead atoms. The van der Waals surface area contributed by atoms with Crippen LogP contribution in [-0.2, 0) is 14.3 Å². The van der Waals surface area contributed by atoms with Gasteiger partial charge in [-0.2, -0.15) is 0 Å². The summed E-state index contributed by atoms with van der Waals surface area (Å²) in [5.74, 6) is 0.996. The normalized spacial score (nSPS) is 34.6. The third-order valence-electron chi connectivity index (χ3n) is 6.60. The number of allylic oxidation sites excluding steroid dienone is 1. The summed E-state index contributed by atoms with van der Waals surface area (Å²) in [6.45, 7) is 5.58. The average molecular weight is 384 g/mol. The predicted octanol–water partition coefficient (Wildman–Crippen LogP) is 3.39. The van der Waals surface area contributed by atoms with Gasteiger partial charge in [0.05, 0.1) is 18.2 Å². The van der Waals surface area contributed by atoms with Crippen molar-refractivity contribution in [1.29, 1.82) is 0 Å². The van der Waals surface area contributed by atoms with Crippen LogP contribution in [-0.4, -0.2) is 47.7 Å². The van der Waals surface area contributed by atoms with E-state index in [1.54, 1.807) is 11.1 Å². The molecule has 150 valence electrons. The van der Waals surface area contributed by atoms with Crippen LogP contribution in [0.25, 0.3) is 6.08 Å². The second kappa shape index (κ2) is 7.94. The Morgan fingerprint density at radius 3 is 3.04 bits per heavy atom. The lowest BCUT2D eigenvalue weighted by Gasteiger charge is -2.48. The van der Waals surface area contributed by atoms with Crippen molar-refractivity contribution in [3.63, 3.8) is 0 Å². The van der Waals surface area contributed by atoms with Gasteiger partial charge in [0.2, 0.25) is 0 Å². The summed E-state index contributed by atoms with van der Waals surface area (Å²) in [7, 11) is 0. The molecule has 1 amide bonds. The molecule has 1 aromatic heterocycles. The fourth-order valence-electron chi connectivity index (χ4n) is 5.42. The number of aromatic nitrogens is 1. The zero-order valence-electron chi connectivity index (χ0n) is 16.5. The van der Waals surface area contributed by atoms with Crippen LogP contribution in [0.15, 0.2) is 30.5 Å². The van der Waals surface area contributed by atoms with Crippen molar-refractivity contribution in [3.05, 3.63) is 36.2 Å². The molecule has 4 rings (SSSR count). The van der Waals surface area contributed by atoms with E-state index >= 15 is 0 Å². The summed E-state index contributed by atoms with van der Waals surface area (Å²) in [5, 5.41) is 0. The van der Waals surface area contributed by atoms with Gasteiger partial charge in [0.1, 0.15) is 6.10 Å². The van der Waals surface area contributed by atoms with E-state index < -0.39 is 0 Å². The number of nitrogens with zero attached hydrogens (tertiary/aromatic N) is 2. The van der Waals surface area contributed by atoms with Crippen LogP contribution in [0.2, 0.25) is 0 Å². The number of rotatable bonds is 3. The SMILES string of the molecule is CCOC(=O)N1CC[C@@H]2[C@H](C[C@H]3C(=O)O[C@H](C)[C@H]3[C@H]2/C=C/c2ccccn2)C1. The van der Waals surface area contributed by atoms with E-state index in [4.69, 9.17) is 9.47 Å². The van der Waals surface area contributed by atoms with Crippen molar-refractivity contribution in [2.75, 3.05) is 19.7 Å². The number of piperidine rings is 1. The molecule has 3 aliphatic rings. The molecular formula is C22H28N2O4. The molecule has 3 fully saturated rings. The number of hydrogen-bond acceptors (Lipinski definition) is 5. The van der Waals surface area contributed by atoms with Gasteiger partial charge in [-0.05, 0) is 62.7 Å². The monoisotopic (exact) mass is 384 g/mol. The number of carbonyl (C=O) groups excluding carboxylic acids is 2. The van der Waals surface area contributed by atoms with E-state index in [1.165, 1.54) is 0 Å². The van der Waals surface area contributed by atoms with Crippen molar-refractivity contribution in [2.45, 2.75) is 32.8 Å². The Balaban J connectivity index is 1.58. The minimum Gasteiger partial charge on any atom is -0.462 e. The van der Waals surface area contributed by atoms with Crippen LogP contribution in [0.3, 0.4) is 0 Å². The van der Waals surface area contributed by atoms with Gasteiger partial charge in [0.25, 0.3) is 0 Å². The molecule has 1 saturated carbocycles. The Labute approximate surface area is 165 Å². The Bertz CT molecular complexity index is 750. The van der Waals surface area contributed by atoms with Crippen LogP contribution in [0.5, 0.6) is 0 Å². The first kappa shape index (κ1) is 19.0. The number of hydrogen-bond donors (Lipinski definition) is 0. The quantitative estimate of drug-likeness (QED) is 0.747. The highest BCUT2D eigenvalue weighted by Crippen LogP contribution is 2.51. The number of carbonyl (C=O) groups is 2. The first-order valence-corrected chi connectivity index (χ1v) is 10.3. The molecule has 1 aromatic rings. The summed E-state index contributed by atoms with van der Waals surface area (Å²) in [4.78, 5) is 30.9. The van der Waals surface area contributed by atoms with Crippen LogP contribution in [0.1, 0.15) is 32.4 Å². The molecule has 1 aliphatic carbocycles. The molecule has 6 heteroatoms. The van der Waals surface area contributed by atoms with Gasteiger partial charge in [-0.1, -0.05) is 12.1 Å². The number of likely N-dealkylation sites (tertiary alicyclic amines) is 1. The number of cyclic esters (lactones) is 1. The number of pyridine rings is 1. The van der Waals surface area contributed by atoms with Crippen LogP contribution < -0.4 is 0 Å². The maximum atomic E-state index is 12.5. The van der Waals surface area contributed by atoms with E-state index in [0.717, 1.165) is 18.5 Å². The second-order valence-electron chi connectivity index (χ2n) is 8.11. The molecule has 28 heavy (non-hydrogen) atoms. The van der Waals surface area contributed by atoms with Gasteiger partial charge >= 0.3 is 12.1 Å². The molecule has 3 heterocycles. The molecule has 0 aromatic carbocycles. The van der Waals surface area contributed by atoms with Crippen LogP contribution in [0, 0.1) is 29.6 Å². The molecule has 6 atom stereocenters. The number of esters is 1. The van der Waals surface area contributed by atoms with Crippen molar-refractivity contribution in [1.82, 2.24) is 9.88 Å². The molecule has 2 saturated heterocycles. The summed E-state index contributed by atoms with van der Waals surface area (Å²) in [5.41, 5.74) is 0.919. The third kappa shape index (κ3) is 3.52. The van der Waals surface area contributed by atoms with Gasteiger partial charge in [0.15, 0.2) is 0 Å². The highest BCUT2D eigenvalue weighted by atomic mass is 16.6. The molecule has 2 aliphatic heterocycles. The maximum Gasteiger partial charge on any atom is 0.409 e. The molecule has 6 nitrogen and oxygen atoms in total. The Morgan fingerprint density at radius 2 is 2.29 bits per heavy atom. The van der Waals surface area contributed by atoms with Gasteiger partial charge in [0, 0.05) is 25.2 Å². The molecule has 0 radical (unpaired) electrons. The largest absolute Gasteiger partial charge is 0.462 e. The first-order chi connectivity index (χ1) is 13.6. The van der Waals surface area contributed by atoms with E-state index in [-0.39, 0.29) is 41.8 Å². The minimum atomic E-state index is -0.244. The van der Waals surface area contributed by atoms with Crippen molar-refractivity contribution in [3.8, 4) is 0 Å². The lowest BCUT2D eigenvalue weighted by atomic mass is 9.59. The summed E-state index contributed by atoms with van der Waals surface area (Å²) < 4.78 is 10.8. The number of ether oxygens (including phenoxy) is 2. The van der Waals surface area contributed by atoms with E-state index in [2.05, 4.69) is 17.1 Å². The molecular weight excluding hydrogens is 356 g/mol. The number of amides is 1. The lowest BCUT2D eigenvalue weighted by Crippen LogP contribution is -2.51. The van der Waals surface area contributed by atoms with Crippen molar-refractivity contribution < 1.29 is 19.1 Å². The van der Waals surface area contributed by atoms with Crippen molar-refractivity contribution in [2.24, 2.45) is 29.6 Å². The Morgan fingerprint density at radius 1 is 1.43 bits per heavy atom. The fraction of sp³-hybridized carbons (Fsp3) is 0.591. The lowest BCUT2D eigenvalue weighted by molar-refractivity contribution is -0.144. The highest BCUT2D eigenvalue weighted by molar-refractivity contribution is 5.76. The predicted molar refractivity (Wildman–Crippen MR) is 104 cm³/mol. The molecule has 0 N–H and O–H groups in total. The molecule has 0 unspecified atom stereocenters. The zero-order chi connectivity index (χ0) is 19.7. The maximum absolute atomic E-state index is 12.5. The van der Waals surface area contributed by atoms with Gasteiger partial charge in [-0.25, -0.2) is 4.79 Å². The smallest absolute Gasteiger partial charge is 0.409 e. The van der Waals surface area contributed by atoms with E-state index in [0.29, 0.717) is 25.6 Å². The zero-order valence-corrected chi connectivity index (χ0v) is 16.5. The summed E-state index contributed by atoms with van der Waals surface area (Å²) in [6, 6.07) is 5.86. The van der Waals surface area contributed by atoms with Crippen molar-refractivity contribution >= 4 is 18.1 Å². The number of fused-ring (bicyclic) bond motifs is 2. The van der Waals surface area contributed by atoms with Crippen LogP contribution >= 0.6 is 0 Å². The van der Waals surface area contributed by atoms with E-state index in [1.807, 2.05) is 32.0 Å². The van der Waals surface area contributed by atoms with Crippen LogP contribution in [0.4, 0.5) is 4.79 Å².